The third kappa shape index (κ3) is 3.46. The zero-order valence-electron chi connectivity index (χ0n) is 12.5. The van der Waals surface area contributed by atoms with E-state index in [9.17, 15) is 4.39 Å². The van der Waals surface area contributed by atoms with Gasteiger partial charge in [-0.1, -0.05) is 0 Å². The van der Waals surface area contributed by atoms with E-state index in [0.29, 0.717) is 17.8 Å². The molecule has 1 atom stereocenters. The quantitative estimate of drug-likeness (QED) is 0.709. The highest BCUT2D eigenvalue weighted by Gasteiger charge is 2.18. The minimum absolute atomic E-state index is 0.248. The highest BCUT2D eigenvalue weighted by atomic mass is 35.5. The van der Waals surface area contributed by atoms with Crippen molar-refractivity contribution in [2.24, 2.45) is 0 Å². The number of methoxy groups -OCH3 is 1. The Morgan fingerprint density at radius 3 is 2.86 bits per heavy atom. The van der Waals surface area contributed by atoms with Crippen LogP contribution in [0.15, 0.2) is 12.1 Å². The Balaban J connectivity index is 2.54. The largest absolute Gasteiger partial charge is 0.494 e. The van der Waals surface area contributed by atoms with Crippen LogP contribution < -0.4 is 4.74 Å². The van der Waals surface area contributed by atoms with Gasteiger partial charge in [-0.3, -0.25) is 0 Å². The molecule has 1 aromatic heterocycles. The van der Waals surface area contributed by atoms with Gasteiger partial charge in [-0.05, 0) is 25.4 Å². The van der Waals surface area contributed by atoms with Crippen molar-refractivity contribution >= 4 is 34.4 Å². The number of imidazole rings is 1. The minimum Gasteiger partial charge on any atom is -0.494 e. The monoisotopic (exact) mass is 330 g/mol. The van der Waals surface area contributed by atoms with Crippen LogP contribution in [0.2, 0.25) is 0 Å². The number of hydrogen-bond acceptors (Lipinski definition) is 3. The maximum atomic E-state index is 13.8. The number of aryl methyl sites for hydroxylation is 1. The number of fused-ring (bicyclic) bond motifs is 1. The number of hydrogen-bond donors (Lipinski definition) is 0. The zero-order valence-corrected chi connectivity index (χ0v) is 14.1. The molecule has 6 heteroatoms. The van der Waals surface area contributed by atoms with E-state index in [1.165, 1.54) is 13.2 Å². The van der Waals surface area contributed by atoms with Crippen molar-refractivity contribution in [3.63, 3.8) is 0 Å². The van der Waals surface area contributed by atoms with E-state index in [2.05, 4.69) is 22.7 Å². The van der Waals surface area contributed by atoms with Crippen molar-refractivity contribution in [1.82, 2.24) is 9.55 Å². The van der Waals surface area contributed by atoms with Crippen LogP contribution in [0.5, 0.6) is 5.75 Å². The van der Waals surface area contributed by atoms with Crippen LogP contribution in [0.25, 0.3) is 11.0 Å². The molecule has 0 N–H and O–H groups in total. The molecule has 2 rings (SSSR count). The van der Waals surface area contributed by atoms with Crippen LogP contribution in [0, 0.1) is 5.82 Å². The Morgan fingerprint density at radius 2 is 2.24 bits per heavy atom. The van der Waals surface area contributed by atoms with Crippen LogP contribution >= 0.6 is 23.4 Å². The summed E-state index contributed by atoms with van der Waals surface area (Å²) in [4.78, 5) is 4.54. The maximum Gasteiger partial charge on any atom is 0.167 e. The molecule has 0 amide bonds. The van der Waals surface area contributed by atoms with E-state index in [1.54, 1.807) is 6.07 Å². The number of aromatic nitrogens is 2. The summed E-state index contributed by atoms with van der Waals surface area (Å²) in [5.41, 5.74) is 1.56. The summed E-state index contributed by atoms with van der Waals surface area (Å²) in [5, 5.41) is 0. The highest BCUT2D eigenvalue weighted by Crippen LogP contribution is 2.29. The van der Waals surface area contributed by atoms with Crippen LogP contribution in [0.1, 0.15) is 25.2 Å². The Morgan fingerprint density at radius 1 is 1.48 bits per heavy atom. The van der Waals surface area contributed by atoms with Gasteiger partial charge in [-0.25, -0.2) is 9.37 Å². The SMILES string of the molecule is COc1cc2c(cc1F)nc(CCCl)n2C(C)CCSC. The van der Waals surface area contributed by atoms with Crippen LogP contribution in [0.3, 0.4) is 0 Å². The topological polar surface area (TPSA) is 27.1 Å². The maximum absolute atomic E-state index is 13.8. The first kappa shape index (κ1) is 16.4. The second-order valence-electron chi connectivity index (χ2n) is 4.94. The average Bonchev–Trinajstić information content (AvgIpc) is 2.81. The average molecular weight is 331 g/mol. The first-order valence-electron chi connectivity index (χ1n) is 6.91. The van der Waals surface area contributed by atoms with Crippen LogP contribution in [-0.2, 0) is 6.42 Å². The lowest BCUT2D eigenvalue weighted by Gasteiger charge is -2.17. The third-order valence-electron chi connectivity index (χ3n) is 3.53. The number of halogens is 2. The normalized spacial score (nSPS) is 12.8. The summed E-state index contributed by atoms with van der Waals surface area (Å²) < 4.78 is 21.1. The number of alkyl halides is 1. The molecule has 0 aliphatic rings. The van der Waals surface area contributed by atoms with Crippen molar-refractivity contribution in [1.29, 1.82) is 0 Å². The van der Waals surface area contributed by atoms with Crippen LogP contribution in [0.4, 0.5) is 4.39 Å². The molecule has 1 heterocycles. The summed E-state index contributed by atoms with van der Waals surface area (Å²) in [6.45, 7) is 2.16. The van der Waals surface area contributed by atoms with Gasteiger partial charge >= 0.3 is 0 Å². The zero-order chi connectivity index (χ0) is 15.4. The van der Waals surface area contributed by atoms with E-state index >= 15 is 0 Å². The predicted octanol–water partition coefficient (Wildman–Crippen LogP) is 4.28. The smallest absolute Gasteiger partial charge is 0.167 e. The lowest BCUT2D eigenvalue weighted by molar-refractivity contribution is 0.387. The van der Waals surface area contributed by atoms with Crippen molar-refractivity contribution in [2.45, 2.75) is 25.8 Å². The lowest BCUT2D eigenvalue weighted by Crippen LogP contribution is -2.11. The summed E-state index contributed by atoms with van der Waals surface area (Å²) in [6.07, 6.45) is 3.79. The molecule has 21 heavy (non-hydrogen) atoms. The summed E-state index contributed by atoms with van der Waals surface area (Å²) >= 11 is 7.70. The van der Waals surface area contributed by atoms with Gasteiger partial charge in [-0.15, -0.1) is 11.6 Å². The van der Waals surface area contributed by atoms with E-state index in [4.69, 9.17) is 16.3 Å². The third-order valence-corrected chi connectivity index (χ3v) is 4.37. The standard InChI is InChI=1S/C15H20ClFN2OS/c1-10(5-7-21-3)19-13-9-14(20-2)11(17)8-12(13)18-15(19)4-6-16/h8-10H,4-7H2,1-3H3. The number of rotatable bonds is 7. The molecule has 0 spiro atoms. The molecular weight excluding hydrogens is 311 g/mol. The fourth-order valence-electron chi connectivity index (χ4n) is 2.47. The molecule has 0 saturated carbocycles. The highest BCUT2D eigenvalue weighted by molar-refractivity contribution is 7.98. The molecule has 3 nitrogen and oxygen atoms in total. The van der Waals surface area contributed by atoms with Crippen LogP contribution in [-0.4, -0.2) is 34.5 Å². The van der Waals surface area contributed by atoms with Gasteiger partial charge in [0.05, 0.1) is 18.1 Å². The van der Waals surface area contributed by atoms with Crippen molar-refractivity contribution in [3.8, 4) is 5.75 Å². The Labute approximate surface area is 133 Å². The molecule has 0 aliphatic carbocycles. The molecular formula is C15H20ClFN2OS. The molecule has 0 radical (unpaired) electrons. The second-order valence-corrected chi connectivity index (χ2v) is 6.31. The predicted molar refractivity (Wildman–Crippen MR) is 88.4 cm³/mol. The first-order chi connectivity index (χ1) is 10.1. The summed E-state index contributed by atoms with van der Waals surface area (Å²) in [6, 6.07) is 3.45. The Kier molecular flexibility index (Phi) is 5.76. The summed E-state index contributed by atoms with van der Waals surface area (Å²) in [7, 11) is 1.47. The molecule has 0 saturated heterocycles. The van der Waals surface area contributed by atoms with Gasteiger partial charge in [-0.2, -0.15) is 11.8 Å². The fraction of sp³-hybridized carbons (Fsp3) is 0.533. The molecule has 2 aromatic rings. The Hall–Kier alpha value is -0.940. The van der Waals surface area contributed by atoms with E-state index in [0.717, 1.165) is 23.5 Å². The molecule has 0 fully saturated rings. The fourth-order valence-corrected chi connectivity index (χ4v) is 3.22. The van der Waals surface area contributed by atoms with Gasteiger partial charge in [0.25, 0.3) is 0 Å². The first-order valence-corrected chi connectivity index (χ1v) is 8.84. The van der Waals surface area contributed by atoms with Crippen molar-refractivity contribution < 1.29 is 9.13 Å². The molecule has 116 valence electrons. The van der Waals surface area contributed by atoms with Gasteiger partial charge in [0.15, 0.2) is 11.6 Å². The lowest BCUT2D eigenvalue weighted by atomic mass is 10.2. The van der Waals surface area contributed by atoms with Gasteiger partial charge in [0.2, 0.25) is 0 Å². The minimum atomic E-state index is -0.385. The number of nitrogens with zero attached hydrogens (tertiary/aromatic N) is 2. The number of thioether (sulfide) groups is 1. The van der Waals surface area contributed by atoms with Crippen molar-refractivity contribution in [3.05, 3.63) is 23.8 Å². The molecule has 1 unspecified atom stereocenters. The van der Waals surface area contributed by atoms with Crippen molar-refractivity contribution in [2.75, 3.05) is 25.0 Å². The van der Waals surface area contributed by atoms with E-state index < -0.39 is 0 Å². The summed E-state index contributed by atoms with van der Waals surface area (Å²) in [5.74, 6) is 2.33. The molecule has 1 aromatic carbocycles. The molecule has 0 bridgehead atoms. The Bertz CT molecular complexity index is 617. The number of ether oxygens (including phenoxy) is 1. The van der Waals surface area contributed by atoms with Gasteiger partial charge in [0, 0.05) is 30.5 Å². The van der Waals surface area contributed by atoms with Gasteiger partial charge < -0.3 is 9.30 Å². The number of benzene rings is 1. The second kappa shape index (κ2) is 7.36. The van der Waals surface area contributed by atoms with E-state index in [1.807, 2.05) is 11.8 Å². The van der Waals surface area contributed by atoms with Gasteiger partial charge in [0.1, 0.15) is 5.82 Å². The van der Waals surface area contributed by atoms with E-state index in [-0.39, 0.29) is 17.6 Å². The molecule has 0 aliphatic heterocycles.